The van der Waals surface area contributed by atoms with E-state index in [9.17, 15) is 4.39 Å². The Balaban J connectivity index is 2.00. The van der Waals surface area contributed by atoms with Crippen LogP contribution in [0.15, 0.2) is 29.0 Å². The molecule has 0 bridgehead atoms. The van der Waals surface area contributed by atoms with Gasteiger partial charge in [0.05, 0.1) is 5.02 Å². The Morgan fingerprint density at radius 3 is 2.94 bits per heavy atom. The van der Waals surface area contributed by atoms with E-state index in [1.165, 1.54) is 18.5 Å². The number of aromatic nitrogens is 5. The number of nitrogens with one attached hydrogen (secondary N) is 1. The Morgan fingerprint density at radius 1 is 1.33 bits per heavy atom. The van der Waals surface area contributed by atoms with Gasteiger partial charge in [-0.1, -0.05) is 16.8 Å². The fourth-order valence-electron chi connectivity index (χ4n) is 1.38. The van der Waals surface area contributed by atoms with Crippen molar-refractivity contribution in [2.75, 3.05) is 0 Å². The van der Waals surface area contributed by atoms with Crippen LogP contribution in [0.2, 0.25) is 5.02 Å². The van der Waals surface area contributed by atoms with Gasteiger partial charge in [0, 0.05) is 5.56 Å². The van der Waals surface area contributed by atoms with Crippen LogP contribution >= 0.6 is 11.6 Å². The fraction of sp³-hybridized carbons (Fsp3) is 0. The van der Waals surface area contributed by atoms with Crippen LogP contribution in [0.4, 0.5) is 4.39 Å². The Morgan fingerprint density at radius 2 is 2.22 bits per heavy atom. The SMILES string of the molecule is Fc1cc(-c2nc(-c3ncn[nH]3)no2)ccc1Cl. The summed E-state index contributed by atoms with van der Waals surface area (Å²) in [4.78, 5) is 7.95. The second kappa shape index (κ2) is 4.19. The number of halogens is 2. The third-order valence-electron chi connectivity index (χ3n) is 2.22. The van der Waals surface area contributed by atoms with Gasteiger partial charge in [0.2, 0.25) is 5.82 Å². The average molecular weight is 266 g/mol. The zero-order valence-corrected chi connectivity index (χ0v) is 9.52. The molecule has 2 aromatic heterocycles. The highest BCUT2D eigenvalue weighted by Gasteiger charge is 2.13. The molecule has 0 saturated heterocycles. The summed E-state index contributed by atoms with van der Waals surface area (Å²) in [7, 11) is 0. The molecule has 0 unspecified atom stereocenters. The molecular formula is C10H5ClFN5O. The van der Waals surface area contributed by atoms with Gasteiger partial charge in [-0.3, -0.25) is 5.10 Å². The minimum absolute atomic E-state index is 0.0359. The molecule has 90 valence electrons. The van der Waals surface area contributed by atoms with Gasteiger partial charge in [-0.05, 0) is 18.2 Å². The van der Waals surface area contributed by atoms with E-state index in [1.54, 1.807) is 6.07 Å². The molecule has 0 atom stereocenters. The fourth-order valence-corrected chi connectivity index (χ4v) is 1.50. The third kappa shape index (κ3) is 1.84. The van der Waals surface area contributed by atoms with Crippen molar-refractivity contribution in [3.05, 3.63) is 35.4 Å². The number of hydrogen-bond donors (Lipinski definition) is 1. The van der Waals surface area contributed by atoms with Crippen LogP contribution in [-0.2, 0) is 0 Å². The van der Waals surface area contributed by atoms with Crippen LogP contribution in [0, 0.1) is 5.82 Å². The molecule has 3 aromatic rings. The highest BCUT2D eigenvalue weighted by Crippen LogP contribution is 2.24. The maximum Gasteiger partial charge on any atom is 0.258 e. The third-order valence-corrected chi connectivity index (χ3v) is 2.53. The minimum Gasteiger partial charge on any atom is -0.333 e. The predicted molar refractivity (Wildman–Crippen MR) is 60.1 cm³/mol. The smallest absolute Gasteiger partial charge is 0.258 e. The summed E-state index contributed by atoms with van der Waals surface area (Å²) in [6.07, 6.45) is 1.33. The lowest BCUT2D eigenvalue weighted by Crippen LogP contribution is -1.84. The molecule has 0 aliphatic heterocycles. The van der Waals surface area contributed by atoms with Crippen LogP contribution in [0.25, 0.3) is 23.1 Å². The number of H-pyrrole nitrogens is 1. The van der Waals surface area contributed by atoms with Crippen molar-refractivity contribution in [2.24, 2.45) is 0 Å². The summed E-state index contributed by atoms with van der Waals surface area (Å²) in [6, 6.07) is 4.23. The van der Waals surface area contributed by atoms with Gasteiger partial charge in [-0.25, -0.2) is 9.37 Å². The second-order valence-electron chi connectivity index (χ2n) is 3.39. The van der Waals surface area contributed by atoms with E-state index < -0.39 is 5.82 Å². The maximum absolute atomic E-state index is 13.3. The molecule has 2 heterocycles. The molecule has 0 aliphatic rings. The molecule has 6 nitrogen and oxygen atoms in total. The van der Waals surface area contributed by atoms with E-state index in [2.05, 4.69) is 25.3 Å². The summed E-state index contributed by atoms with van der Waals surface area (Å²) >= 11 is 5.59. The first-order chi connectivity index (χ1) is 8.74. The van der Waals surface area contributed by atoms with Gasteiger partial charge in [0.25, 0.3) is 5.89 Å². The largest absolute Gasteiger partial charge is 0.333 e. The highest BCUT2D eigenvalue weighted by atomic mass is 35.5. The van der Waals surface area contributed by atoms with Crippen molar-refractivity contribution < 1.29 is 8.91 Å². The normalized spacial score (nSPS) is 10.8. The minimum atomic E-state index is -0.548. The summed E-state index contributed by atoms with van der Waals surface area (Å²) in [5, 5.41) is 10.0. The van der Waals surface area contributed by atoms with Crippen LogP contribution in [0.1, 0.15) is 0 Å². The topological polar surface area (TPSA) is 80.5 Å². The van der Waals surface area contributed by atoms with Gasteiger partial charge < -0.3 is 4.52 Å². The van der Waals surface area contributed by atoms with Gasteiger partial charge in [-0.2, -0.15) is 10.1 Å². The van der Waals surface area contributed by atoms with Crippen molar-refractivity contribution in [3.63, 3.8) is 0 Å². The number of benzene rings is 1. The number of aromatic amines is 1. The number of rotatable bonds is 2. The van der Waals surface area contributed by atoms with E-state index in [-0.39, 0.29) is 16.7 Å². The van der Waals surface area contributed by atoms with E-state index in [0.717, 1.165) is 0 Å². The summed E-state index contributed by atoms with van der Waals surface area (Å²) in [5.74, 6) is 0.253. The first-order valence-corrected chi connectivity index (χ1v) is 5.27. The van der Waals surface area contributed by atoms with Gasteiger partial charge in [0.1, 0.15) is 12.1 Å². The molecule has 0 radical (unpaired) electrons. The second-order valence-corrected chi connectivity index (χ2v) is 3.79. The van der Waals surface area contributed by atoms with E-state index in [1.807, 2.05) is 0 Å². The molecule has 0 spiro atoms. The molecule has 8 heteroatoms. The molecule has 0 aliphatic carbocycles. The van der Waals surface area contributed by atoms with Crippen molar-refractivity contribution in [2.45, 2.75) is 0 Å². The van der Waals surface area contributed by atoms with Gasteiger partial charge in [0.15, 0.2) is 5.82 Å². The van der Waals surface area contributed by atoms with Gasteiger partial charge in [-0.15, -0.1) is 0 Å². The van der Waals surface area contributed by atoms with Crippen LogP contribution in [0.5, 0.6) is 0 Å². The Bertz CT molecular complexity index is 681. The van der Waals surface area contributed by atoms with Crippen molar-refractivity contribution in [1.29, 1.82) is 0 Å². The summed E-state index contributed by atoms with van der Waals surface area (Å²) < 4.78 is 18.3. The van der Waals surface area contributed by atoms with Crippen LogP contribution in [0.3, 0.4) is 0 Å². The zero-order valence-electron chi connectivity index (χ0n) is 8.76. The van der Waals surface area contributed by atoms with Crippen molar-refractivity contribution in [3.8, 4) is 23.1 Å². The summed E-state index contributed by atoms with van der Waals surface area (Å²) in [6.45, 7) is 0. The lowest BCUT2D eigenvalue weighted by Gasteiger charge is -1.95. The van der Waals surface area contributed by atoms with E-state index in [4.69, 9.17) is 16.1 Å². The first-order valence-electron chi connectivity index (χ1n) is 4.89. The number of nitrogens with zero attached hydrogens (tertiary/aromatic N) is 4. The zero-order chi connectivity index (χ0) is 12.5. The molecule has 18 heavy (non-hydrogen) atoms. The van der Waals surface area contributed by atoms with Crippen LogP contribution in [-0.4, -0.2) is 25.3 Å². The molecule has 0 amide bonds. The standard InChI is InChI=1S/C10H5ClFN5O/c11-6-2-1-5(3-7(6)12)10-15-9(17-18-10)8-13-4-14-16-8/h1-4H,(H,13,14,16). The molecule has 1 N–H and O–H groups in total. The lowest BCUT2D eigenvalue weighted by molar-refractivity contribution is 0.431. The van der Waals surface area contributed by atoms with E-state index in [0.29, 0.717) is 11.4 Å². The van der Waals surface area contributed by atoms with Crippen molar-refractivity contribution in [1.82, 2.24) is 25.3 Å². The average Bonchev–Trinajstić information content (AvgIpc) is 3.01. The molecular weight excluding hydrogens is 261 g/mol. The highest BCUT2D eigenvalue weighted by molar-refractivity contribution is 6.30. The Kier molecular flexibility index (Phi) is 2.52. The molecule has 0 saturated carbocycles. The molecule has 3 rings (SSSR count). The maximum atomic E-state index is 13.3. The predicted octanol–water partition coefficient (Wildman–Crippen LogP) is 2.31. The van der Waals surface area contributed by atoms with Crippen LogP contribution < -0.4 is 0 Å². The Labute approximate surface area is 105 Å². The quantitative estimate of drug-likeness (QED) is 0.769. The first kappa shape index (κ1) is 10.8. The molecule has 0 fully saturated rings. The number of hydrogen-bond acceptors (Lipinski definition) is 5. The monoisotopic (exact) mass is 265 g/mol. The summed E-state index contributed by atoms with van der Waals surface area (Å²) in [5.41, 5.74) is 0.440. The lowest BCUT2D eigenvalue weighted by atomic mass is 10.2. The van der Waals surface area contributed by atoms with E-state index >= 15 is 0 Å². The van der Waals surface area contributed by atoms with Gasteiger partial charge >= 0.3 is 0 Å². The van der Waals surface area contributed by atoms with Crippen molar-refractivity contribution >= 4 is 11.6 Å². The molecule has 1 aromatic carbocycles. The Hall–Kier alpha value is -2.28.